The molecule has 1 aromatic carbocycles. The fourth-order valence-electron chi connectivity index (χ4n) is 3.55. The van der Waals surface area contributed by atoms with Gasteiger partial charge in [-0.15, -0.1) is 0 Å². The predicted octanol–water partition coefficient (Wildman–Crippen LogP) is 3.49. The molecule has 3 heterocycles. The minimum atomic E-state index is 0.00202. The van der Waals surface area contributed by atoms with Crippen LogP contribution in [0, 0.1) is 0 Å². The molecule has 138 valence electrons. The third kappa shape index (κ3) is 3.59. The minimum absolute atomic E-state index is 0.00202. The number of aromatic nitrogens is 2. The molecular formula is C21H22N4OS. The zero-order valence-electron chi connectivity index (χ0n) is 15.2. The molecule has 3 aromatic rings. The van der Waals surface area contributed by atoms with Crippen LogP contribution in [-0.2, 0) is 4.74 Å². The molecule has 1 saturated heterocycles. The van der Waals surface area contributed by atoms with Gasteiger partial charge in [-0.3, -0.25) is 4.98 Å². The van der Waals surface area contributed by atoms with Crippen LogP contribution in [0.25, 0.3) is 5.69 Å². The summed E-state index contributed by atoms with van der Waals surface area (Å²) in [7, 11) is 1.71. The Morgan fingerprint density at radius 3 is 2.67 bits per heavy atom. The quantitative estimate of drug-likeness (QED) is 0.665. The smallest absolute Gasteiger partial charge is 0.170 e. The first kappa shape index (κ1) is 17.7. The molecule has 4 rings (SSSR count). The van der Waals surface area contributed by atoms with Crippen molar-refractivity contribution in [3.05, 3.63) is 84.4 Å². The van der Waals surface area contributed by atoms with E-state index in [1.54, 1.807) is 7.11 Å². The van der Waals surface area contributed by atoms with E-state index in [9.17, 15) is 0 Å². The van der Waals surface area contributed by atoms with E-state index in [0.29, 0.717) is 6.61 Å². The predicted molar refractivity (Wildman–Crippen MR) is 110 cm³/mol. The molecule has 27 heavy (non-hydrogen) atoms. The first-order valence-corrected chi connectivity index (χ1v) is 9.39. The number of hydrogen-bond donors (Lipinski definition) is 1. The Hall–Kier alpha value is -2.70. The maximum atomic E-state index is 5.63. The summed E-state index contributed by atoms with van der Waals surface area (Å²) in [5, 5.41) is 4.19. The standard InChI is InChI=1S/C21H22N4OS/c1-26-14-13-25-20(19(23-21(25)27)18-9-5-6-11-22-18)16-10-12-24(15-16)17-7-3-2-4-8-17/h2-12,15,19-20H,13-14H2,1H3,(H,23,27)/t19-,20+/m1/s1. The van der Waals surface area contributed by atoms with Crippen molar-refractivity contribution in [3.63, 3.8) is 0 Å². The van der Waals surface area contributed by atoms with Crippen molar-refractivity contribution in [2.75, 3.05) is 20.3 Å². The number of para-hydroxylation sites is 1. The van der Waals surface area contributed by atoms with Gasteiger partial charge >= 0.3 is 0 Å². The van der Waals surface area contributed by atoms with E-state index >= 15 is 0 Å². The molecule has 5 nitrogen and oxygen atoms in total. The van der Waals surface area contributed by atoms with Crippen LogP contribution >= 0.6 is 12.2 Å². The summed E-state index contributed by atoms with van der Waals surface area (Å²) in [5.74, 6) is 0. The lowest BCUT2D eigenvalue weighted by Gasteiger charge is -2.26. The number of rotatable bonds is 6. The van der Waals surface area contributed by atoms with Gasteiger partial charge in [0.05, 0.1) is 24.4 Å². The number of hydrogen-bond acceptors (Lipinski definition) is 3. The van der Waals surface area contributed by atoms with Gasteiger partial charge in [0.25, 0.3) is 0 Å². The lowest BCUT2D eigenvalue weighted by Crippen LogP contribution is -2.32. The second kappa shape index (κ2) is 7.90. The Morgan fingerprint density at radius 1 is 1.11 bits per heavy atom. The van der Waals surface area contributed by atoms with Crippen molar-refractivity contribution in [2.24, 2.45) is 0 Å². The summed E-state index contributed by atoms with van der Waals surface area (Å²) in [6.45, 7) is 1.35. The first-order valence-electron chi connectivity index (χ1n) is 8.98. The van der Waals surface area contributed by atoms with Gasteiger partial charge in [0.2, 0.25) is 0 Å². The summed E-state index contributed by atoms with van der Waals surface area (Å²) >= 11 is 5.63. The van der Waals surface area contributed by atoms with Crippen LogP contribution < -0.4 is 5.32 Å². The normalized spacial score (nSPS) is 19.3. The molecule has 0 amide bonds. The molecule has 0 spiro atoms. The molecule has 2 atom stereocenters. The summed E-state index contributed by atoms with van der Waals surface area (Å²) < 4.78 is 7.44. The Balaban J connectivity index is 1.70. The molecular weight excluding hydrogens is 356 g/mol. The van der Waals surface area contributed by atoms with Crippen LogP contribution in [0.1, 0.15) is 23.3 Å². The van der Waals surface area contributed by atoms with Gasteiger partial charge in [-0.1, -0.05) is 24.3 Å². The molecule has 0 saturated carbocycles. The van der Waals surface area contributed by atoms with E-state index in [-0.39, 0.29) is 12.1 Å². The van der Waals surface area contributed by atoms with Gasteiger partial charge in [0, 0.05) is 37.9 Å². The highest BCUT2D eigenvalue weighted by atomic mass is 32.1. The van der Waals surface area contributed by atoms with E-state index in [0.717, 1.165) is 23.0 Å². The number of benzene rings is 1. The van der Waals surface area contributed by atoms with Crippen LogP contribution in [0.2, 0.25) is 0 Å². The van der Waals surface area contributed by atoms with Gasteiger partial charge in [0.15, 0.2) is 5.11 Å². The molecule has 0 aliphatic carbocycles. The molecule has 0 unspecified atom stereocenters. The van der Waals surface area contributed by atoms with Crippen LogP contribution in [0.4, 0.5) is 0 Å². The van der Waals surface area contributed by atoms with Crippen molar-refractivity contribution in [1.29, 1.82) is 0 Å². The zero-order valence-corrected chi connectivity index (χ0v) is 16.0. The molecule has 6 heteroatoms. The van der Waals surface area contributed by atoms with Crippen molar-refractivity contribution in [1.82, 2.24) is 19.8 Å². The number of nitrogens with one attached hydrogen (secondary N) is 1. The Morgan fingerprint density at radius 2 is 1.93 bits per heavy atom. The van der Waals surface area contributed by atoms with Crippen molar-refractivity contribution in [3.8, 4) is 5.69 Å². The van der Waals surface area contributed by atoms with Crippen molar-refractivity contribution >= 4 is 17.3 Å². The fourth-order valence-corrected chi connectivity index (χ4v) is 3.88. The minimum Gasteiger partial charge on any atom is -0.383 e. The van der Waals surface area contributed by atoms with Gasteiger partial charge in [0.1, 0.15) is 0 Å². The second-order valence-electron chi connectivity index (χ2n) is 6.50. The Kier molecular flexibility index (Phi) is 5.18. The lowest BCUT2D eigenvalue weighted by molar-refractivity contribution is 0.164. The Bertz CT molecular complexity index is 897. The van der Waals surface area contributed by atoms with E-state index in [1.165, 1.54) is 5.56 Å². The number of methoxy groups -OCH3 is 1. The third-order valence-electron chi connectivity index (χ3n) is 4.85. The highest BCUT2D eigenvalue weighted by Crippen LogP contribution is 2.38. The number of pyridine rings is 1. The highest BCUT2D eigenvalue weighted by molar-refractivity contribution is 7.80. The SMILES string of the molecule is COCCN1C(=S)N[C@H](c2ccccn2)[C@@H]1c1ccn(-c2ccccc2)c1. The average molecular weight is 379 g/mol. The van der Waals surface area contributed by atoms with Crippen molar-refractivity contribution < 1.29 is 4.74 Å². The molecule has 0 radical (unpaired) electrons. The second-order valence-corrected chi connectivity index (χ2v) is 6.89. The summed E-state index contributed by atoms with van der Waals surface area (Å²) in [6, 6.07) is 18.5. The summed E-state index contributed by atoms with van der Waals surface area (Å²) in [6.07, 6.45) is 6.09. The van der Waals surface area contributed by atoms with Gasteiger partial charge in [-0.25, -0.2) is 0 Å². The largest absolute Gasteiger partial charge is 0.383 e. The number of ether oxygens (including phenoxy) is 1. The van der Waals surface area contributed by atoms with E-state index in [4.69, 9.17) is 17.0 Å². The molecule has 1 N–H and O–H groups in total. The maximum absolute atomic E-state index is 5.63. The Labute approximate surface area is 164 Å². The maximum Gasteiger partial charge on any atom is 0.170 e. The fraction of sp³-hybridized carbons (Fsp3) is 0.238. The summed E-state index contributed by atoms with van der Waals surface area (Å²) in [4.78, 5) is 6.76. The molecule has 2 aromatic heterocycles. The molecule has 1 aliphatic rings. The van der Waals surface area contributed by atoms with Crippen LogP contribution in [-0.4, -0.2) is 39.8 Å². The average Bonchev–Trinajstić information content (AvgIpc) is 3.32. The van der Waals surface area contributed by atoms with Gasteiger partial charge in [-0.05, 0) is 48.1 Å². The third-order valence-corrected chi connectivity index (χ3v) is 5.20. The van der Waals surface area contributed by atoms with Gasteiger partial charge in [-0.2, -0.15) is 0 Å². The van der Waals surface area contributed by atoms with E-state index in [1.807, 2.05) is 42.6 Å². The number of nitrogens with zero attached hydrogens (tertiary/aromatic N) is 3. The van der Waals surface area contributed by atoms with Crippen molar-refractivity contribution in [2.45, 2.75) is 12.1 Å². The van der Waals surface area contributed by atoms with Crippen LogP contribution in [0.5, 0.6) is 0 Å². The van der Waals surface area contributed by atoms with Gasteiger partial charge < -0.3 is 19.5 Å². The van der Waals surface area contributed by atoms with E-state index in [2.05, 4.69) is 50.4 Å². The topological polar surface area (TPSA) is 42.3 Å². The lowest BCUT2D eigenvalue weighted by atomic mass is 9.99. The van der Waals surface area contributed by atoms with E-state index < -0.39 is 0 Å². The zero-order chi connectivity index (χ0) is 18.6. The molecule has 1 aliphatic heterocycles. The summed E-state index contributed by atoms with van der Waals surface area (Å²) in [5.41, 5.74) is 3.31. The molecule has 1 fully saturated rings. The first-order chi connectivity index (χ1) is 13.3. The number of thiocarbonyl (C=S) groups is 1. The van der Waals surface area contributed by atoms with Crippen LogP contribution in [0.3, 0.4) is 0 Å². The molecule has 0 bridgehead atoms. The van der Waals surface area contributed by atoms with Crippen LogP contribution in [0.15, 0.2) is 73.2 Å². The monoisotopic (exact) mass is 378 g/mol. The highest BCUT2D eigenvalue weighted by Gasteiger charge is 2.39.